The third-order valence-corrected chi connectivity index (χ3v) is 3.01. The van der Waals surface area contributed by atoms with E-state index in [9.17, 15) is 14.9 Å². The lowest BCUT2D eigenvalue weighted by Gasteiger charge is -2.09. The first-order valence-electron chi connectivity index (χ1n) is 6.08. The molecule has 1 N–H and O–H groups in total. The molecule has 0 amide bonds. The number of benzene rings is 1. The highest BCUT2D eigenvalue weighted by Gasteiger charge is 2.17. The van der Waals surface area contributed by atoms with Gasteiger partial charge in [0.2, 0.25) is 5.76 Å². The van der Waals surface area contributed by atoms with Crippen LogP contribution in [-0.2, 0) is 6.61 Å². The van der Waals surface area contributed by atoms with E-state index in [-0.39, 0.29) is 18.1 Å². The molecule has 0 fully saturated rings. The fourth-order valence-electron chi connectivity index (χ4n) is 1.97. The summed E-state index contributed by atoms with van der Waals surface area (Å²) < 4.78 is 10.3. The smallest absolute Gasteiger partial charge is 0.372 e. The lowest BCUT2D eigenvalue weighted by Crippen LogP contribution is -2.04. The van der Waals surface area contributed by atoms with Crippen molar-refractivity contribution in [2.75, 3.05) is 0 Å². The van der Waals surface area contributed by atoms with Gasteiger partial charge in [-0.05, 0) is 31.5 Å². The van der Waals surface area contributed by atoms with Gasteiger partial charge in [0, 0.05) is 11.1 Å². The Hall–Kier alpha value is -2.83. The molecule has 7 nitrogen and oxygen atoms in total. The van der Waals surface area contributed by atoms with Crippen molar-refractivity contribution < 1.29 is 24.0 Å². The van der Waals surface area contributed by atoms with Gasteiger partial charge in [-0.3, -0.25) is 10.1 Å². The maximum Gasteiger partial charge on any atom is 0.372 e. The predicted octanol–water partition coefficient (Wildman–Crippen LogP) is 3.08. The van der Waals surface area contributed by atoms with Crippen molar-refractivity contribution in [2.24, 2.45) is 0 Å². The van der Waals surface area contributed by atoms with E-state index < -0.39 is 10.9 Å². The molecule has 110 valence electrons. The standard InChI is InChI=1S/C14H13NO6/c1-8-5-9(2)12(6-11(8)15(18)19)21-7-10-3-4-20-13(10)14(16)17/h3-6H,7H2,1-2H3,(H,16,17). The monoisotopic (exact) mass is 291 g/mol. The molecule has 0 spiro atoms. The molecule has 7 heteroatoms. The summed E-state index contributed by atoms with van der Waals surface area (Å²) >= 11 is 0. The minimum atomic E-state index is -1.19. The molecule has 0 aliphatic rings. The Kier molecular flexibility index (Phi) is 3.93. The van der Waals surface area contributed by atoms with Gasteiger partial charge in [0.1, 0.15) is 12.4 Å². The van der Waals surface area contributed by atoms with Gasteiger partial charge in [-0.1, -0.05) is 0 Å². The summed E-state index contributed by atoms with van der Waals surface area (Å²) in [4.78, 5) is 21.3. The molecule has 1 aromatic heterocycles. The molecule has 0 saturated heterocycles. The van der Waals surface area contributed by atoms with Crippen LogP contribution in [0.15, 0.2) is 28.9 Å². The number of carboxylic acids is 1. The first kappa shape index (κ1) is 14.6. The average Bonchev–Trinajstić information content (AvgIpc) is 2.85. The maximum absolute atomic E-state index is 10.9. The quantitative estimate of drug-likeness (QED) is 0.670. The van der Waals surface area contributed by atoms with E-state index in [0.29, 0.717) is 16.9 Å². The van der Waals surface area contributed by atoms with Gasteiger partial charge in [0.05, 0.1) is 17.3 Å². The molecule has 0 atom stereocenters. The number of nitro groups is 1. The molecule has 21 heavy (non-hydrogen) atoms. The Morgan fingerprint density at radius 3 is 2.71 bits per heavy atom. The largest absolute Gasteiger partial charge is 0.488 e. The van der Waals surface area contributed by atoms with E-state index in [1.165, 1.54) is 18.4 Å². The van der Waals surface area contributed by atoms with E-state index in [2.05, 4.69) is 0 Å². The van der Waals surface area contributed by atoms with E-state index >= 15 is 0 Å². The van der Waals surface area contributed by atoms with Crippen LogP contribution in [0.1, 0.15) is 27.2 Å². The molecule has 2 aromatic rings. The van der Waals surface area contributed by atoms with Gasteiger partial charge in [-0.15, -0.1) is 0 Å². The highest BCUT2D eigenvalue weighted by atomic mass is 16.6. The highest BCUT2D eigenvalue weighted by Crippen LogP contribution is 2.29. The van der Waals surface area contributed by atoms with Gasteiger partial charge in [-0.2, -0.15) is 0 Å². The molecule has 1 heterocycles. The summed E-state index contributed by atoms with van der Waals surface area (Å²) in [5, 5.41) is 19.8. The van der Waals surface area contributed by atoms with Gasteiger partial charge < -0.3 is 14.3 Å². The fourth-order valence-corrected chi connectivity index (χ4v) is 1.97. The van der Waals surface area contributed by atoms with Crippen LogP contribution in [0.3, 0.4) is 0 Å². The van der Waals surface area contributed by atoms with Crippen LogP contribution in [0.5, 0.6) is 5.75 Å². The number of rotatable bonds is 5. The topological polar surface area (TPSA) is 103 Å². The van der Waals surface area contributed by atoms with Crippen molar-refractivity contribution in [3.05, 3.63) is 57.0 Å². The van der Waals surface area contributed by atoms with E-state index in [0.717, 1.165) is 5.56 Å². The van der Waals surface area contributed by atoms with Crippen molar-refractivity contribution in [3.63, 3.8) is 0 Å². The number of carboxylic acid groups (broad SMARTS) is 1. The van der Waals surface area contributed by atoms with Crippen LogP contribution < -0.4 is 4.74 Å². The third-order valence-electron chi connectivity index (χ3n) is 3.01. The number of aryl methyl sites for hydroxylation is 2. The number of carbonyl (C=O) groups is 1. The van der Waals surface area contributed by atoms with E-state index in [1.807, 2.05) is 0 Å². The average molecular weight is 291 g/mol. The zero-order valence-corrected chi connectivity index (χ0v) is 11.5. The maximum atomic E-state index is 10.9. The Bertz CT molecular complexity index is 703. The van der Waals surface area contributed by atoms with Crippen molar-refractivity contribution in [3.8, 4) is 5.75 Å². The molecule has 1 aromatic carbocycles. The van der Waals surface area contributed by atoms with E-state index in [1.54, 1.807) is 19.9 Å². The minimum Gasteiger partial charge on any atom is -0.488 e. The summed E-state index contributed by atoms with van der Waals surface area (Å²) in [6.45, 7) is 3.37. The molecular formula is C14H13NO6. The molecular weight excluding hydrogens is 278 g/mol. The van der Waals surface area contributed by atoms with Crippen molar-refractivity contribution >= 4 is 11.7 Å². The summed E-state index contributed by atoms with van der Waals surface area (Å²) in [6.07, 6.45) is 1.26. The Morgan fingerprint density at radius 2 is 2.10 bits per heavy atom. The zero-order valence-electron chi connectivity index (χ0n) is 11.5. The van der Waals surface area contributed by atoms with Gasteiger partial charge >= 0.3 is 5.97 Å². The van der Waals surface area contributed by atoms with Gasteiger partial charge in [-0.25, -0.2) is 4.79 Å². The van der Waals surface area contributed by atoms with Crippen molar-refractivity contribution in [2.45, 2.75) is 20.5 Å². The highest BCUT2D eigenvalue weighted by molar-refractivity contribution is 5.86. The van der Waals surface area contributed by atoms with Crippen LogP contribution in [0, 0.1) is 24.0 Å². The van der Waals surface area contributed by atoms with Crippen LogP contribution in [-0.4, -0.2) is 16.0 Å². The van der Waals surface area contributed by atoms with Gasteiger partial charge in [0.15, 0.2) is 0 Å². The molecule has 0 unspecified atom stereocenters. The number of aromatic carboxylic acids is 1. The minimum absolute atomic E-state index is 0.0405. The SMILES string of the molecule is Cc1cc(C)c([N+](=O)[O-])cc1OCc1ccoc1C(=O)O. The fraction of sp³-hybridized carbons (Fsp3) is 0.214. The Balaban J connectivity index is 2.24. The number of hydrogen-bond donors (Lipinski definition) is 1. The van der Waals surface area contributed by atoms with Crippen LogP contribution >= 0.6 is 0 Å². The van der Waals surface area contributed by atoms with Crippen LogP contribution in [0.4, 0.5) is 5.69 Å². The summed E-state index contributed by atoms with van der Waals surface area (Å²) in [5.74, 6) is -1.05. The van der Waals surface area contributed by atoms with Gasteiger partial charge in [0.25, 0.3) is 5.69 Å². The summed E-state index contributed by atoms with van der Waals surface area (Å²) in [6, 6.07) is 4.48. The normalized spacial score (nSPS) is 10.4. The lowest BCUT2D eigenvalue weighted by molar-refractivity contribution is -0.385. The predicted molar refractivity (Wildman–Crippen MR) is 72.6 cm³/mol. The second-order valence-electron chi connectivity index (χ2n) is 4.53. The number of nitrogens with zero attached hydrogens (tertiary/aromatic N) is 1. The molecule has 2 rings (SSSR count). The lowest BCUT2D eigenvalue weighted by atomic mass is 10.1. The Labute approximate surface area is 119 Å². The summed E-state index contributed by atoms with van der Waals surface area (Å²) in [5.41, 5.74) is 1.60. The molecule has 0 aliphatic heterocycles. The molecule has 0 aliphatic carbocycles. The number of nitro benzene ring substituents is 1. The second kappa shape index (κ2) is 5.66. The van der Waals surface area contributed by atoms with Crippen molar-refractivity contribution in [1.82, 2.24) is 0 Å². The van der Waals surface area contributed by atoms with Crippen LogP contribution in [0.2, 0.25) is 0 Å². The third kappa shape index (κ3) is 3.02. The second-order valence-corrected chi connectivity index (χ2v) is 4.53. The van der Waals surface area contributed by atoms with Crippen LogP contribution in [0.25, 0.3) is 0 Å². The number of hydrogen-bond acceptors (Lipinski definition) is 5. The van der Waals surface area contributed by atoms with E-state index in [4.69, 9.17) is 14.3 Å². The molecule has 0 bridgehead atoms. The summed E-state index contributed by atoms with van der Waals surface area (Å²) in [7, 11) is 0. The first-order valence-corrected chi connectivity index (χ1v) is 6.08. The molecule has 0 radical (unpaired) electrons. The Morgan fingerprint density at radius 1 is 1.38 bits per heavy atom. The number of furan rings is 1. The molecule has 0 saturated carbocycles. The zero-order chi connectivity index (χ0) is 15.6. The van der Waals surface area contributed by atoms with Crippen molar-refractivity contribution in [1.29, 1.82) is 0 Å². The first-order chi connectivity index (χ1) is 9.90. The number of ether oxygens (including phenoxy) is 1.